The molecule has 2 rings (SSSR count). The molecule has 23 heavy (non-hydrogen) atoms. The van der Waals surface area contributed by atoms with Crippen molar-refractivity contribution in [3.63, 3.8) is 0 Å². The van der Waals surface area contributed by atoms with Crippen molar-refractivity contribution in [2.24, 2.45) is 0 Å². The van der Waals surface area contributed by atoms with Crippen LogP contribution in [0.3, 0.4) is 0 Å². The second kappa shape index (κ2) is 7.19. The zero-order valence-corrected chi connectivity index (χ0v) is 12.9. The van der Waals surface area contributed by atoms with Gasteiger partial charge in [-0.05, 0) is 30.3 Å². The monoisotopic (exact) mass is 338 g/mol. The van der Waals surface area contributed by atoms with Crippen LogP contribution in [0.15, 0.2) is 42.5 Å². The number of hydrogen-bond donors (Lipinski definition) is 1. The normalized spacial score (nSPS) is 10.3. The molecule has 120 valence electrons. The van der Waals surface area contributed by atoms with E-state index in [1.54, 1.807) is 18.2 Å². The number of carbonyl (C=O) groups is 2. The molecule has 2 amide bonds. The highest BCUT2D eigenvalue weighted by atomic mass is 35.5. The third-order valence-electron chi connectivity index (χ3n) is 3.00. The van der Waals surface area contributed by atoms with Gasteiger partial charge >= 0.3 is 0 Å². The van der Waals surface area contributed by atoms with Gasteiger partial charge in [0.2, 0.25) is 11.8 Å². The fraction of sp³-hybridized carbons (Fsp3) is 0.125. The number of carbonyl (C=O) groups excluding carboxylic acids is 2. The minimum Gasteiger partial charge on any atom is -0.324 e. The van der Waals surface area contributed by atoms with Crippen LogP contribution in [-0.2, 0) is 9.59 Å². The van der Waals surface area contributed by atoms with Gasteiger partial charge in [-0.2, -0.15) is 0 Å². The highest BCUT2D eigenvalue weighted by Crippen LogP contribution is 2.23. The van der Waals surface area contributed by atoms with E-state index in [0.717, 1.165) is 24.0 Å². The van der Waals surface area contributed by atoms with Gasteiger partial charge in [-0.3, -0.25) is 14.5 Å². The zero-order chi connectivity index (χ0) is 17.0. The molecule has 0 atom stereocenters. The molecular weight excluding hydrogens is 326 g/mol. The molecule has 0 fully saturated rings. The topological polar surface area (TPSA) is 49.4 Å². The number of nitrogens with one attached hydrogen (secondary N) is 1. The van der Waals surface area contributed by atoms with Gasteiger partial charge in [0.05, 0.1) is 0 Å². The molecule has 2 aromatic carbocycles. The molecule has 0 heterocycles. The molecule has 0 aliphatic carbocycles. The highest BCUT2D eigenvalue weighted by Gasteiger charge is 2.22. The summed E-state index contributed by atoms with van der Waals surface area (Å²) in [6, 6.07) is 9.60. The Bertz CT molecular complexity index is 732. The number of nitrogens with zero attached hydrogens (tertiary/aromatic N) is 1. The Kier molecular flexibility index (Phi) is 5.28. The van der Waals surface area contributed by atoms with Gasteiger partial charge in [-0.1, -0.05) is 23.7 Å². The summed E-state index contributed by atoms with van der Waals surface area (Å²) in [6.45, 7) is 0.595. The SMILES string of the molecule is CC(=O)N(CC(=O)Nc1cccc(Cl)c1)c1c(F)cccc1F. The summed E-state index contributed by atoms with van der Waals surface area (Å²) in [6.07, 6.45) is 0. The summed E-state index contributed by atoms with van der Waals surface area (Å²) in [5, 5.41) is 2.94. The molecule has 0 aliphatic heterocycles. The Morgan fingerprint density at radius 2 is 1.74 bits per heavy atom. The highest BCUT2D eigenvalue weighted by molar-refractivity contribution is 6.30. The lowest BCUT2D eigenvalue weighted by Crippen LogP contribution is -2.37. The minimum atomic E-state index is -0.921. The predicted octanol–water partition coefficient (Wildman–Crippen LogP) is 3.61. The quantitative estimate of drug-likeness (QED) is 0.925. The van der Waals surface area contributed by atoms with E-state index >= 15 is 0 Å². The van der Waals surface area contributed by atoms with Gasteiger partial charge in [-0.25, -0.2) is 8.78 Å². The maximum absolute atomic E-state index is 13.8. The summed E-state index contributed by atoms with van der Waals surface area (Å²) >= 11 is 5.81. The van der Waals surface area contributed by atoms with E-state index in [4.69, 9.17) is 11.6 Å². The summed E-state index contributed by atoms with van der Waals surface area (Å²) in [4.78, 5) is 24.5. The van der Waals surface area contributed by atoms with Crippen LogP contribution in [0.5, 0.6) is 0 Å². The Labute approximate surface area is 136 Å². The second-order valence-electron chi connectivity index (χ2n) is 4.73. The number of amides is 2. The van der Waals surface area contributed by atoms with E-state index in [1.807, 2.05) is 0 Å². The molecule has 0 saturated heterocycles. The first-order valence-corrected chi connectivity index (χ1v) is 7.04. The van der Waals surface area contributed by atoms with Crippen LogP contribution in [0, 0.1) is 11.6 Å². The van der Waals surface area contributed by atoms with Crippen molar-refractivity contribution >= 4 is 34.8 Å². The molecule has 1 N–H and O–H groups in total. The number of para-hydroxylation sites is 1. The molecule has 0 radical (unpaired) electrons. The zero-order valence-electron chi connectivity index (χ0n) is 12.1. The largest absolute Gasteiger partial charge is 0.324 e. The fourth-order valence-corrected chi connectivity index (χ4v) is 2.20. The van der Waals surface area contributed by atoms with Crippen molar-refractivity contribution in [1.29, 1.82) is 0 Å². The maximum Gasteiger partial charge on any atom is 0.244 e. The summed E-state index contributed by atoms with van der Waals surface area (Å²) in [5.41, 5.74) is -0.138. The van der Waals surface area contributed by atoms with Crippen molar-refractivity contribution < 1.29 is 18.4 Å². The first-order chi connectivity index (χ1) is 10.9. The van der Waals surface area contributed by atoms with Gasteiger partial charge in [0.25, 0.3) is 0 Å². The molecule has 7 heteroatoms. The Morgan fingerprint density at radius 1 is 1.13 bits per heavy atom. The third kappa shape index (κ3) is 4.26. The number of benzene rings is 2. The molecule has 0 aliphatic rings. The average Bonchev–Trinajstić information content (AvgIpc) is 2.45. The van der Waals surface area contributed by atoms with Gasteiger partial charge in [0, 0.05) is 17.6 Å². The molecule has 0 aromatic heterocycles. The van der Waals surface area contributed by atoms with E-state index in [9.17, 15) is 18.4 Å². The van der Waals surface area contributed by atoms with E-state index in [1.165, 1.54) is 12.1 Å². The second-order valence-corrected chi connectivity index (χ2v) is 5.17. The van der Waals surface area contributed by atoms with Crippen LogP contribution < -0.4 is 10.2 Å². The fourth-order valence-electron chi connectivity index (χ4n) is 2.01. The molecular formula is C16H13ClF2N2O2. The number of hydrogen-bond acceptors (Lipinski definition) is 2. The first kappa shape index (κ1) is 16.9. The van der Waals surface area contributed by atoms with Crippen LogP contribution in [0.25, 0.3) is 0 Å². The van der Waals surface area contributed by atoms with Crippen molar-refractivity contribution in [2.75, 3.05) is 16.8 Å². The maximum atomic E-state index is 13.8. The number of anilines is 2. The number of rotatable bonds is 4. The van der Waals surface area contributed by atoms with Crippen LogP contribution in [0.2, 0.25) is 5.02 Å². The Morgan fingerprint density at radius 3 is 2.30 bits per heavy atom. The van der Waals surface area contributed by atoms with E-state index in [-0.39, 0.29) is 0 Å². The molecule has 0 unspecified atom stereocenters. The smallest absolute Gasteiger partial charge is 0.244 e. The first-order valence-electron chi connectivity index (χ1n) is 6.66. The lowest BCUT2D eigenvalue weighted by Gasteiger charge is -2.21. The van der Waals surface area contributed by atoms with Gasteiger partial charge in [-0.15, -0.1) is 0 Å². The van der Waals surface area contributed by atoms with Gasteiger partial charge in [0.15, 0.2) is 0 Å². The molecule has 0 saturated carbocycles. The van der Waals surface area contributed by atoms with E-state index in [2.05, 4.69) is 5.32 Å². The van der Waals surface area contributed by atoms with Crippen molar-refractivity contribution in [3.05, 3.63) is 59.1 Å². The van der Waals surface area contributed by atoms with Crippen molar-refractivity contribution in [1.82, 2.24) is 0 Å². The van der Waals surface area contributed by atoms with Crippen LogP contribution in [-0.4, -0.2) is 18.4 Å². The minimum absolute atomic E-state index is 0.417. The van der Waals surface area contributed by atoms with Crippen LogP contribution in [0.1, 0.15) is 6.92 Å². The standard InChI is InChI=1S/C16H13ClF2N2O2/c1-10(22)21(16-13(18)6-3-7-14(16)19)9-15(23)20-12-5-2-4-11(17)8-12/h2-8H,9H2,1H3,(H,20,23). The van der Waals surface area contributed by atoms with Crippen LogP contribution >= 0.6 is 11.6 Å². The molecule has 0 bridgehead atoms. The Hall–Kier alpha value is -2.47. The van der Waals surface area contributed by atoms with E-state index < -0.39 is 35.7 Å². The van der Waals surface area contributed by atoms with Gasteiger partial charge in [0.1, 0.15) is 23.9 Å². The van der Waals surface area contributed by atoms with Crippen molar-refractivity contribution in [2.45, 2.75) is 6.92 Å². The van der Waals surface area contributed by atoms with E-state index in [0.29, 0.717) is 10.7 Å². The lowest BCUT2D eigenvalue weighted by molar-refractivity contribution is -0.120. The van der Waals surface area contributed by atoms with Crippen molar-refractivity contribution in [3.8, 4) is 0 Å². The predicted molar refractivity (Wildman–Crippen MR) is 84.5 cm³/mol. The summed E-state index contributed by atoms with van der Waals surface area (Å²) < 4.78 is 27.6. The van der Waals surface area contributed by atoms with Gasteiger partial charge < -0.3 is 5.32 Å². The van der Waals surface area contributed by atoms with Crippen LogP contribution in [0.4, 0.5) is 20.2 Å². The molecule has 0 spiro atoms. The molecule has 2 aromatic rings. The lowest BCUT2D eigenvalue weighted by atomic mass is 10.2. The Balaban J connectivity index is 2.20. The molecule has 4 nitrogen and oxygen atoms in total. The summed E-state index contributed by atoms with van der Waals surface area (Å²) in [5.74, 6) is -3.10. The summed E-state index contributed by atoms with van der Waals surface area (Å²) in [7, 11) is 0. The number of halogens is 3. The average molecular weight is 339 g/mol. The third-order valence-corrected chi connectivity index (χ3v) is 3.23.